The van der Waals surface area contributed by atoms with Gasteiger partial charge in [-0.25, -0.2) is 4.68 Å². The monoisotopic (exact) mass is 293 g/mol. The van der Waals surface area contributed by atoms with Gasteiger partial charge in [0.25, 0.3) is 5.91 Å². The highest BCUT2D eigenvalue weighted by atomic mass is 16.3. The molecule has 1 amide bonds. The molecule has 0 saturated heterocycles. The Morgan fingerprint density at radius 3 is 2.64 bits per heavy atom. The third-order valence-electron chi connectivity index (χ3n) is 3.27. The van der Waals surface area contributed by atoms with Gasteiger partial charge in [-0.1, -0.05) is 18.2 Å². The minimum Gasteiger partial charge on any atom is -0.508 e. The lowest BCUT2D eigenvalue weighted by atomic mass is 10.1. The van der Waals surface area contributed by atoms with E-state index >= 15 is 0 Å². The van der Waals surface area contributed by atoms with E-state index in [0.29, 0.717) is 12.1 Å². The first-order chi connectivity index (χ1) is 10.7. The summed E-state index contributed by atoms with van der Waals surface area (Å²) in [6.45, 7) is 0.424. The number of carbonyl (C=O) groups excluding carboxylic acids is 1. The lowest BCUT2D eigenvalue weighted by molar-refractivity contribution is 0.0950. The summed E-state index contributed by atoms with van der Waals surface area (Å²) in [5.74, 6) is -0.136. The Hall–Kier alpha value is -3.08. The van der Waals surface area contributed by atoms with Gasteiger partial charge in [0.1, 0.15) is 5.75 Å². The fourth-order valence-electron chi connectivity index (χ4n) is 2.12. The number of amides is 1. The standard InChI is InChI=1S/C17H15N3O2/c21-16-4-1-3-14(11-16)17(22)18-12-13-5-7-15(8-6-13)20-10-2-9-19-20/h1-11,21H,12H2,(H,18,22). The summed E-state index contributed by atoms with van der Waals surface area (Å²) < 4.78 is 1.77. The Kier molecular flexibility index (Phi) is 3.87. The molecule has 0 fully saturated rings. The maximum absolute atomic E-state index is 12.0. The first kappa shape index (κ1) is 13.9. The molecule has 0 atom stereocenters. The van der Waals surface area contributed by atoms with Crippen molar-refractivity contribution in [3.63, 3.8) is 0 Å². The average Bonchev–Trinajstić information content (AvgIpc) is 3.07. The number of nitrogens with one attached hydrogen (secondary N) is 1. The highest BCUT2D eigenvalue weighted by molar-refractivity contribution is 5.94. The fourth-order valence-corrected chi connectivity index (χ4v) is 2.12. The number of hydrogen-bond donors (Lipinski definition) is 2. The van der Waals surface area contributed by atoms with Gasteiger partial charge >= 0.3 is 0 Å². The molecule has 110 valence electrons. The zero-order valence-electron chi connectivity index (χ0n) is 11.8. The maximum Gasteiger partial charge on any atom is 0.251 e. The van der Waals surface area contributed by atoms with Gasteiger partial charge in [0.15, 0.2) is 0 Å². The van der Waals surface area contributed by atoms with Crippen LogP contribution in [0.15, 0.2) is 67.0 Å². The predicted molar refractivity (Wildman–Crippen MR) is 82.8 cm³/mol. The Morgan fingerprint density at radius 2 is 1.95 bits per heavy atom. The third kappa shape index (κ3) is 3.15. The molecule has 2 aromatic carbocycles. The van der Waals surface area contributed by atoms with Crippen molar-refractivity contribution in [3.8, 4) is 11.4 Å². The molecule has 0 bridgehead atoms. The van der Waals surface area contributed by atoms with Gasteiger partial charge in [0.2, 0.25) is 0 Å². The quantitative estimate of drug-likeness (QED) is 0.776. The summed E-state index contributed by atoms with van der Waals surface area (Å²) in [6.07, 6.45) is 3.60. The van der Waals surface area contributed by atoms with E-state index in [-0.39, 0.29) is 11.7 Å². The van der Waals surface area contributed by atoms with Crippen LogP contribution in [0.3, 0.4) is 0 Å². The van der Waals surface area contributed by atoms with E-state index in [2.05, 4.69) is 10.4 Å². The minimum atomic E-state index is -0.216. The van der Waals surface area contributed by atoms with Gasteiger partial charge in [0.05, 0.1) is 5.69 Å². The Labute approximate surface area is 127 Å². The molecule has 0 aliphatic rings. The highest BCUT2D eigenvalue weighted by Gasteiger charge is 2.06. The van der Waals surface area contributed by atoms with Gasteiger partial charge in [-0.3, -0.25) is 4.79 Å². The normalized spacial score (nSPS) is 10.4. The lowest BCUT2D eigenvalue weighted by Gasteiger charge is -2.07. The Morgan fingerprint density at radius 1 is 1.14 bits per heavy atom. The fraction of sp³-hybridized carbons (Fsp3) is 0.0588. The molecule has 3 rings (SSSR count). The van der Waals surface area contributed by atoms with E-state index in [1.807, 2.05) is 36.5 Å². The van der Waals surface area contributed by atoms with Crippen molar-refractivity contribution in [2.24, 2.45) is 0 Å². The van der Waals surface area contributed by atoms with Crippen molar-refractivity contribution in [2.45, 2.75) is 6.54 Å². The van der Waals surface area contributed by atoms with Crippen LogP contribution in [0, 0.1) is 0 Å². The summed E-state index contributed by atoms with van der Waals surface area (Å²) >= 11 is 0. The van der Waals surface area contributed by atoms with Gasteiger partial charge < -0.3 is 10.4 Å². The first-order valence-electron chi connectivity index (χ1n) is 6.88. The Balaban J connectivity index is 1.63. The van der Waals surface area contributed by atoms with Gasteiger partial charge in [-0.05, 0) is 42.0 Å². The number of benzene rings is 2. The second kappa shape index (κ2) is 6.13. The number of hydrogen-bond acceptors (Lipinski definition) is 3. The molecule has 1 aromatic heterocycles. The summed E-state index contributed by atoms with van der Waals surface area (Å²) in [4.78, 5) is 12.0. The lowest BCUT2D eigenvalue weighted by Crippen LogP contribution is -2.22. The molecule has 22 heavy (non-hydrogen) atoms. The van der Waals surface area contributed by atoms with Crippen molar-refractivity contribution < 1.29 is 9.90 Å². The average molecular weight is 293 g/mol. The van der Waals surface area contributed by atoms with E-state index in [1.54, 1.807) is 23.0 Å². The van der Waals surface area contributed by atoms with Crippen molar-refractivity contribution in [2.75, 3.05) is 0 Å². The molecule has 2 N–H and O–H groups in total. The third-order valence-corrected chi connectivity index (χ3v) is 3.27. The minimum absolute atomic E-state index is 0.0798. The largest absolute Gasteiger partial charge is 0.508 e. The van der Waals surface area contributed by atoms with Crippen LogP contribution >= 0.6 is 0 Å². The van der Waals surface area contributed by atoms with Gasteiger partial charge in [-0.15, -0.1) is 0 Å². The van der Waals surface area contributed by atoms with Crippen LogP contribution < -0.4 is 5.32 Å². The summed E-state index contributed by atoms with van der Waals surface area (Å²) in [5, 5.41) is 16.4. The Bertz CT molecular complexity index is 765. The van der Waals surface area contributed by atoms with E-state index in [9.17, 15) is 9.90 Å². The van der Waals surface area contributed by atoms with Crippen LogP contribution in [0.25, 0.3) is 5.69 Å². The zero-order chi connectivity index (χ0) is 15.4. The summed E-state index contributed by atoms with van der Waals surface area (Å²) in [5.41, 5.74) is 2.39. The van der Waals surface area contributed by atoms with Crippen LogP contribution in [0.2, 0.25) is 0 Å². The summed E-state index contributed by atoms with van der Waals surface area (Å²) in [7, 11) is 0. The second-order valence-electron chi connectivity index (χ2n) is 4.85. The van der Waals surface area contributed by atoms with Crippen molar-refractivity contribution >= 4 is 5.91 Å². The van der Waals surface area contributed by atoms with Crippen LogP contribution in [0.1, 0.15) is 15.9 Å². The van der Waals surface area contributed by atoms with E-state index in [4.69, 9.17) is 0 Å². The highest BCUT2D eigenvalue weighted by Crippen LogP contribution is 2.12. The molecule has 1 heterocycles. The zero-order valence-corrected chi connectivity index (χ0v) is 11.8. The molecule has 5 nitrogen and oxygen atoms in total. The van der Waals surface area contributed by atoms with Gasteiger partial charge in [0, 0.05) is 24.5 Å². The van der Waals surface area contributed by atoms with Crippen LogP contribution in [-0.4, -0.2) is 20.8 Å². The van der Waals surface area contributed by atoms with Crippen molar-refractivity contribution in [1.29, 1.82) is 0 Å². The topological polar surface area (TPSA) is 67.2 Å². The number of aromatic nitrogens is 2. The van der Waals surface area contributed by atoms with E-state index in [0.717, 1.165) is 11.3 Å². The smallest absolute Gasteiger partial charge is 0.251 e. The summed E-state index contributed by atoms with van der Waals surface area (Å²) in [6, 6.07) is 15.9. The molecule has 3 aromatic rings. The molecule has 5 heteroatoms. The van der Waals surface area contributed by atoms with Gasteiger partial charge in [-0.2, -0.15) is 5.10 Å². The van der Waals surface area contributed by atoms with Crippen LogP contribution in [0.5, 0.6) is 5.75 Å². The van der Waals surface area contributed by atoms with E-state index in [1.165, 1.54) is 12.1 Å². The number of rotatable bonds is 4. The molecule has 0 aliphatic heterocycles. The molecule has 0 spiro atoms. The first-order valence-corrected chi connectivity index (χ1v) is 6.88. The molecule has 0 unspecified atom stereocenters. The number of phenols is 1. The van der Waals surface area contributed by atoms with Crippen molar-refractivity contribution in [1.82, 2.24) is 15.1 Å². The number of phenolic OH excluding ortho intramolecular Hbond substituents is 1. The second-order valence-corrected chi connectivity index (χ2v) is 4.85. The molecule has 0 saturated carbocycles. The van der Waals surface area contributed by atoms with Crippen LogP contribution in [-0.2, 0) is 6.54 Å². The number of nitrogens with zero attached hydrogens (tertiary/aromatic N) is 2. The molecular formula is C17H15N3O2. The number of carbonyl (C=O) groups is 1. The van der Waals surface area contributed by atoms with E-state index < -0.39 is 0 Å². The number of aromatic hydroxyl groups is 1. The molecule has 0 radical (unpaired) electrons. The van der Waals surface area contributed by atoms with Crippen molar-refractivity contribution in [3.05, 3.63) is 78.1 Å². The SMILES string of the molecule is O=C(NCc1ccc(-n2cccn2)cc1)c1cccc(O)c1. The van der Waals surface area contributed by atoms with Crippen LogP contribution in [0.4, 0.5) is 0 Å². The molecule has 0 aliphatic carbocycles. The maximum atomic E-state index is 12.0. The predicted octanol–water partition coefficient (Wildman–Crippen LogP) is 2.51. The molecular weight excluding hydrogens is 278 g/mol.